The number of halogens is 3. The zero-order valence-corrected chi connectivity index (χ0v) is 12.8. The molecule has 1 fully saturated rings. The van der Waals surface area contributed by atoms with Crippen LogP contribution < -0.4 is 0 Å². The molecule has 2 rings (SSSR count). The van der Waals surface area contributed by atoms with Crippen molar-refractivity contribution in [2.45, 2.75) is 43.1 Å². The third-order valence-corrected chi connectivity index (χ3v) is 4.94. The molecular formula is C14H18BrClFN. The molecule has 0 bridgehead atoms. The molecule has 0 saturated heterocycles. The van der Waals surface area contributed by atoms with Crippen molar-refractivity contribution >= 4 is 27.5 Å². The lowest BCUT2D eigenvalue weighted by molar-refractivity contribution is 0.191. The second-order valence-electron chi connectivity index (χ2n) is 5.02. The summed E-state index contributed by atoms with van der Waals surface area (Å²) in [6.07, 6.45) is 4.92. The maximum atomic E-state index is 13.7. The van der Waals surface area contributed by atoms with Crippen LogP contribution in [0.2, 0.25) is 5.02 Å². The molecule has 1 saturated carbocycles. The van der Waals surface area contributed by atoms with Gasteiger partial charge in [0.05, 0.1) is 0 Å². The van der Waals surface area contributed by atoms with E-state index < -0.39 is 0 Å². The summed E-state index contributed by atoms with van der Waals surface area (Å²) in [5.41, 5.74) is 0.676. The SMILES string of the molecule is CN(Cc1cc(Cl)ccc1F)C1CCCCC1Br. The zero-order chi connectivity index (χ0) is 13.1. The summed E-state index contributed by atoms with van der Waals surface area (Å²) < 4.78 is 13.7. The van der Waals surface area contributed by atoms with Gasteiger partial charge in [-0.3, -0.25) is 4.90 Å². The van der Waals surface area contributed by atoms with Crippen LogP contribution in [0.4, 0.5) is 4.39 Å². The molecule has 2 unspecified atom stereocenters. The van der Waals surface area contributed by atoms with Crippen molar-refractivity contribution in [3.63, 3.8) is 0 Å². The van der Waals surface area contributed by atoms with Crippen molar-refractivity contribution in [2.24, 2.45) is 0 Å². The largest absolute Gasteiger partial charge is 0.298 e. The summed E-state index contributed by atoms with van der Waals surface area (Å²) >= 11 is 9.66. The monoisotopic (exact) mass is 333 g/mol. The van der Waals surface area contributed by atoms with E-state index in [0.717, 1.165) is 0 Å². The van der Waals surface area contributed by atoms with Crippen molar-refractivity contribution < 1.29 is 4.39 Å². The van der Waals surface area contributed by atoms with Crippen LogP contribution in [0.5, 0.6) is 0 Å². The predicted molar refractivity (Wildman–Crippen MR) is 77.8 cm³/mol. The molecule has 0 radical (unpaired) electrons. The van der Waals surface area contributed by atoms with Crippen molar-refractivity contribution in [3.05, 3.63) is 34.6 Å². The highest BCUT2D eigenvalue weighted by atomic mass is 79.9. The Kier molecular flexibility index (Phi) is 5.05. The van der Waals surface area contributed by atoms with Crippen molar-refractivity contribution in [3.8, 4) is 0 Å². The number of nitrogens with zero attached hydrogens (tertiary/aromatic N) is 1. The van der Waals surface area contributed by atoms with Crippen LogP contribution >= 0.6 is 27.5 Å². The van der Waals surface area contributed by atoms with Gasteiger partial charge in [0.15, 0.2) is 0 Å². The molecule has 0 N–H and O–H groups in total. The number of alkyl halides is 1. The van der Waals surface area contributed by atoms with E-state index in [1.54, 1.807) is 12.1 Å². The topological polar surface area (TPSA) is 3.24 Å². The quantitative estimate of drug-likeness (QED) is 0.729. The normalized spacial score (nSPS) is 24.5. The second-order valence-corrected chi connectivity index (χ2v) is 6.63. The molecule has 1 nitrogen and oxygen atoms in total. The molecule has 1 aliphatic carbocycles. The van der Waals surface area contributed by atoms with Gasteiger partial charge in [-0.2, -0.15) is 0 Å². The minimum atomic E-state index is -0.173. The van der Waals surface area contributed by atoms with Gasteiger partial charge in [0.25, 0.3) is 0 Å². The van der Waals surface area contributed by atoms with Crippen molar-refractivity contribution in [1.82, 2.24) is 4.90 Å². The number of hydrogen-bond donors (Lipinski definition) is 0. The third kappa shape index (κ3) is 3.46. The molecule has 100 valence electrons. The minimum Gasteiger partial charge on any atom is -0.298 e. The Morgan fingerprint density at radius 3 is 2.83 bits per heavy atom. The Bertz CT molecular complexity index is 413. The molecule has 1 aliphatic rings. The van der Waals surface area contributed by atoms with Gasteiger partial charge >= 0.3 is 0 Å². The minimum absolute atomic E-state index is 0.173. The second kappa shape index (κ2) is 6.36. The maximum absolute atomic E-state index is 13.7. The Morgan fingerprint density at radius 1 is 1.39 bits per heavy atom. The molecular weight excluding hydrogens is 317 g/mol. The fraction of sp³-hybridized carbons (Fsp3) is 0.571. The molecule has 0 heterocycles. The smallest absolute Gasteiger partial charge is 0.127 e. The lowest BCUT2D eigenvalue weighted by Crippen LogP contribution is -2.40. The fourth-order valence-corrected chi connectivity index (χ4v) is 3.80. The summed E-state index contributed by atoms with van der Waals surface area (Å²) in [5, 5.41) is 0.596. The standard InChI is InChI=1S/C14H18BrClFN/c1-18(14-5-3-2-4-12(14)15)9-10-8-11(16)6-7-13(10)17/h6-8,12,14H,2-5,9H2,1H3. The van der Waals surface area contributed by atoms with Crippen LogP contribution in [-0.2, 0) is 6.54 Å². The molecule has 2 atom stereocenters. The van der Waals surface area contributed by atoms with E-state index in [1.165, 1.54) is 31.7 Å². The zero-order valence-electron chi connectivity index (χ0n) is 10.5. The van der Waals surface area contributed by atoms with Crippen LogP contribution in [0.25, 0.3) is 0 Å². The van der Waals surface area contributed by atoms with Crippen LogP contribution in [0.3, 0.4) is 0 Å². The van der Waals surface area contributed by atoms with Gasteiger partial charge in [0, 0.05) is 28.0 Å². The lowest BCUT2D eigenvalue weighted by atomic mass is 9.94. The molecule has 0 aliphatic heterocycles. The predicted octanol–water partition coefficient (Wildman–Crippen LogP) is 4.62. The number of benzene rings is 1. The highest BCUT2D eigenvalue weighted by Crippen LogP contribution is 2.29. The number of hydrogen-bond acceptors (Lipinski definition) is 1. The van der Waals surface area contributed by atoms with Crippen LogP contribution in [0.1, 0.15) is 31.2 Å². The highest BCUT2D eigenvalue weighted by Gasteiger charge is 2.26. The molecule has 1 aromatic carbocycles. The van der Waals surface area contributed by atoms with E-state index in [0.29, 0.717) is 28.0 Å². The summed E-state index contributed by atoms with van der Waals surface area (Å²) in [6.45, 7) is 0.610. The van der Waals surface area contributed by atoms with E-state index in [4.69, 9.17) is 11.6 Å². The molecule has 0 spiro atoms. The van der Waals surface area contributed by atoms with Crippen LogP contribution in [0, 0.1) is 5.82 Å². The summed E-state index contributed by atoms with van der Waals surface area (Å²) in [5.74, 6) is -0.173. The van der Waals surface area contributed by atoms with E-state index in [-0.39, 0.29) is 5.82 Å². The number of rotatable bonds is 3. The van der Waals surface area contributed by atoms with Gasteiger partial charge in [0.2, 0.25) is 0 Å². The van der Waals surface area contributed by atoms with E-state index in [9.17, 15) is 4.39 Å². The first-order valence-electron chi connectivity index (χ1n) is 6.36. The maximum Gasteiger partial charge on any atom is 0.127 e. The fourth-order valence-electron chi connectivity index (χ4n) is 2.61. The van der Waals surface area contributed by atoms with E-state index in [2.05, 4.69) is 27.9 Å². The van der Waals surface area contributed by atoms with Crippen molar-refractivity contribution in [2.75, 3.05) is 7.05 Å². The van der Waals surface area contributed by atoms with Crippen LogP contribution in [0.15, 0.2) is 18.2 Å². The Balaban J connectivity index is 2.05. The van der Waals surface area contributed by atoms with Gasteiger partial charge in [-0.1, -0.05) is 40.4 Å². The molecule has 0 amide bonds. The van der Waals surface area contributed by atoms with Gasteiger partial charge in [-0.05, 0) is 38.1 Å². The Labute approximate surface area is 121 Å². The Hall–Kier alpha value is -0.120. The molecule has 0 aromatic heterocycles. The summed E-state index contributed by atoms with van der Waals surface area (Å²) in [7, 11) is 2.06. The summed E-state index contributed by atoms with van der Waals surface area (Å²) in [4.78, 5) is 2.74. The van der Waals surface area contributed by atoms with Crippen LogP contribution in [-0.4, -0.2) is 22.8 Å². The van der Waals surface area contributed by atoms with E-state index >= 15 is 0 Å². The average Bonchev–Trinajstić information content (AvgIpc) is 2.34. The molecule has 1 aromatic rings. The van der Waals surface area contributed by atoms with Gasteiger partial charge in [-0.15, -0.1) is 0 Å². The van der Waals surface area contributed by atoms with Gasteiger partial charge in [0.1, 0.15) is 5.82 Å². The molecule has 4 heteroatoms. The van der Waals surface area contributed by atoms with Gasteiger partial charge < -0.3 is 0 Å². The van der Waals surface area contributed by atoms with E-state index in [1.807, 2.05) is 0 Å². The lowest BCUT2D eigenvalue weighted by Gasteiger charge is -2.35. The highest BCUT2D eigenvalue weighted by molar-refractivity contribution is 9.09. The first-order chi connectivity index (χ1) is 8.58. The summed E-state index contributed by atoms with van der Waals surface area (Å²) in [6, 6.07) is 5.24. The van der Waals surface area contributed by atoms with Crippen molar-refractivity contribution in [1.29, 1.82) is 0 Å². The first-order valence-corrected chi connectivity index (χ1v) is 7.65. The third-order valence-electron chi connectivity index (χ3n) is 3.64. The Morgan fingerprint density at radius 2 is 2.11 bits per heavy atom. The van der Waals surface area contributed by atoms with Gasteiger partial charge in [-0.25, -0.2) is 4.39 Å². The average molecular weight is 335 g/mol. The first kappa shape index (κ1) is 14.3. The molecule has 18 heavy (non-hydrogen) atoms.